The zero-order valence-corrected chi connectivity index (χ0v) is 14.3. The van der Waals surface area contributed by atoms with Gasteiger partial charge in [-0.3, -0.25) is 9.59 Å². The molecule has 2 N–H and O–H groups in total. The Morgan fingerprint density at radius 2 is 1.83 bits per heavy atom. The van der Waals surface area contributed by atoms with Crippen molar-refractivity contribution in [1.29, 1.82) is 0 Å². The van der Waals surface area contributed by atoms with Gasteiger partial charge in [-0.2, -0.15) is 0 Å². The number of Topliss-reactive ketones (excluding diaryl/α,β-unsaturated/α-hetero) is 1. The van der Waals surface area contributed by atoms with Crippen molar-refractivity contribution in [3.63, 3.8) is 0 Å². The first kappa shape index (κ1) is 18.0. The molecular formula is C18H24N2O4. The summed E-state index contributed by atoms with van der Waals surface area (Å²) in [5, 5.41) is 12.0. The van der Waals surface area contributed by atoms with Gasteiger partial charge in [-0.05, 0) is 36.6 Å². The van der Waals surface area contributed by atoms with Gasteiger partial charge in [-0.1, -0.05) is 20.8 Å². The van der Waals surface area contributed by atoms with Gasteiger partial charge in [-0.25, -0.2) is 4.79 Å². The van der Waals surface area contributed by atoms with Gasteiger partial charge >= 0.3 is 12.0 Å². The highest BCUT2D eigenvalue weighted by Gasteiger charge is 2.33. The molecule has 1 fully saturated rings. The molecule has 6 heteroatoms. The summed E-state index contributed by atoms with van der Waals surface area (Å²) in [6.07, 6.45) is 0.673. The molecule has 1 aliphatic heterocycles. The molecule has 24 heavy (non-hydrogen) atoms. The van der Waals surface area contributed by atoms with Crippen molar-refractivity contribution in [1.82, 2.24) is 4.90 Å². The number of ketones is 1. The number of carbonyl (C=O) groups is 3. The van der Waals surface area contributed by atoms with Gasteiger partial charge in [0.15, 0.2) is 5.78 Å². The zero-order chi connectivity index (χ0) is 17.9. The lowest BCUT2D eigenvalue weighted by molar-refractivity contribution is -0.145. The van der Waals surface area contributed by atoms with Crippen LogP contribution in [0.4, 0.5) is 10.5 Å². The number of hydrogen-bond acceptors (Lipinski definition) is 3. The maximum atomic E-state index is 12.3. The number of anilines is 1. The number of urea groups is 1. The Kier molecular flexibility index (Phi) is 5.59. The van der Waals surface area contributed by atoms with Crippen LogP contribution in [0.3, 0.4) is 0 Å². The summed E-state index contributed by atoms with van der Waals surface area (Å²) >= 11 is 0. The number of amides is 2. The molecule has 1 aromatic carbocycles. The lowest BCUT2D eigenvalue weighted by Crippen LogP contribution is -2.47. The summed E-state index contributed by atoms with van der Waals surface area (Å²) in [5.74, 6) is -1.35. The molecule has 2 amide bonds. The Morgan fingerprint density at radius 1 is 1.21 bits per heavy atom. The lowest BCUT2D eigenvalue weighted by Gasteiger charge is -2.34. The van der Waals surface area contributed by atoms with Crippen LogP contribution in [0.5, 0.6) is 0 Å². The van der Waals surface area contributed by atoms with E-state index >= 15 is 0 Å². The first-order chi connectivity index (χ1) is 11.3. The number of nitrogens with zero attached hydrogens (tertiary/aromatic N) is 1. The molecular weight excluding hydrogens is 308 g/mol. The van der Waals surface area contributed by atoms with Gasteiger partial charge in [0.05, 0.1) is 5.92 Å². The molecule has 0 radical (unpaired) electrons. The molecule has 0 aromatic heterocycles. The minimum atomic E-state index is -0.864. The highest BCUT2D eigenvalue weighted by atomic mass is 16.4. The number of carbonyl (C=O) groups excluding carboxylic acids is 2. The number of carboxylic acid groups (broad SMARTS) is 1. The maximum Gasteiger partial charge on any atom is 0.321 e. The first-order valence-electron chi connectivity index (χ1n) is 8.22. The Morgan fingerprint density at radius 3 is 2.38 bits per heavy atom. The SMILES string of the molecule is CC(C)C(=O)c1ccc(NC(=O)N2CCC(C)C(C(=O)O)C2)cc1. The van der Waals surface area contributed by atoms with Crippen molar-refractivity contribution >= 4 is 23.5 Å². The van der Waals surface area contributed by atoms with E-state index in [0.717, 1.165) is 0 Å². The molecule has 2 atom stereocenters. The average molecular weight is 332 g/mol. The Bertz CT molecular complexity index is 624. The van der Waals surface area contributed by atoms with Crippen LogP contribution in [0.2, 0.25) is 0 Å². The third-order valence-corrected chi connectivity index (χ3v) is 4.51. The highest BCUT2D eigenvalue weighted by molar-refractivity contribution is 5.98. The van der Waals surface area contributed by atoms with Crippen molar-refractivity contribution in [2.45, 2.75) is 27.2 Å². The van der Waals surface area contributed by atoms with Gasteiger partial charge < -0.3 is 15.3 Å². The summed E-state index contributed by atoms with van der Waals surface area (Å²) in [4.78, 5) is 37.0. The van der Waals surface area contributed by atoms with Crippen molar-refractivity contribution in [2.75, 3.05) is 18.4 Å². The minimum Gasteiger partial charge on any atom is -0.481 e. The molecule has 0 spiro atoms. The number of aliphatic carboxylic acids is 1. The molecule has 1 aliphatic rings. The van der Waals surface area contributed by atoms with Crippen LogP contribution in [-0.2, 0) is 4.79 Å². The standard InChI is InChI=1S/C18H24N2O4/c1-11(2)16(21)13-4-6-14(7-5-13)19-18(24)20-9-8-12(3)15(10-20)17(22)23/h4-7,11-12,15H,8-10H2,1-3H3,(H,19,24)(H,22,23). The van der Waals surface area contributed by atoms with E-state index in [1.807, 2.05) is 20.8 Å². The minimum absolute atomic E-state index is 0.0576. The van der Waals surface area contributed by atoms with Crippen LogP contribution in [0.15, 0.2) is 24.3 Å². The van der Waals surface area contributed by atoms with Crippen molar-refractivity contribution in [2.24, 2.45) is 17.8 Å². The summed E-state index contributed by atoms with van der Waals surface area (Å²) in [6.45, 7) is 6.34. The molecule has 2 rings (SSSR count). The van der Waals surface area contributed by atoms with E-state index in [2.05, 4.69) is 5.32 Å². The van der Waals surface area contributed by atoms with Gasteiger partial charge in [0.1, 0.15) is 0 Å². The van der Waals surface area contributed by atoms with E-state index in [1.54, 1.807) is 24.3 Å². The quantitative estimate of drug-likeness (QED) is 0.830. The Labute approximate surface area is 141 Å². The molecule has 0 saturated carbocycles. The molecule has 2 unspecified atom stereocenters. The number of rotatable bonds is 4. The van der Waals surface area contributed by atoms with E-state index in [1.165, 1.54) is 4.90 Å². The average Bonchev–Trinajstić information content (AvgIpc) is 2.54. The van der Waals surface area contributed by atoms with Gasteiger partial charge in [0.2, 0.25) is 0 Å². The van der Waals surface area contributed by atoms with Crippen LogP contribution >= 0.6 is 0 Å². The number of piperidine rings is 1. The Hall–Kier alpha value is -2.37. The lowest BCUT2D eigenvalue weighted by atomic mass is 9.87. The monoisotopic (exact) mass is 332 g/mol. The second-order valence-corrected chi connectivity index (χ2v) is 6.68. The fraction of sp³-hybridized carbons (Fsp3) is 0.500. The second-order valence-electron chi connectivity index (χ2n) is 6.68. The van der Waals surface area contributed by atoms with Gasteiger partial charge in [0.25, 0.3) is 0 Å². The zero-order valence-electron chi connectivity index (χ0n) is 14.3. The van der Waals surface area contributed by atoms with Crippen molar-refractivity contribution in [3.8, 4) is 0 Å². The summed E-state index contributed by atoms with van der Waals surface area (Å²) < 4.78 is 0. The molecule has 6 nitrogen and oxygen atoms in total. The normalized spacial score (nSPS) is 20.8. The molecule has 130 valence electrons. The third-order valence-electron chi connectivity index (χ3n) is 4.51. The van der Waals surface area contributed by atoms with Crippen LogP contribution in [0.1, 0.15) is 37.6 Å². The number of nitrogens with one attached hydrogen (secondary N) is 1. The third kappa shape index (κ3) is 4.13. The topological polar surface area (TPSA) is 86.7 Å². The van der Waals surface area contributed by atoms with Crippen LogP contribution in [0, 0.1) is 17.8 Å². The fourth-order valence-electron chi connectivity index (χ4n) is 2.83. The first-order valence-corrected chi connectivity index (χ1v) is 8.22. The van der Waals surface area contributed by atoms with Crippen molar-refractivity contribution < 1.29 is 19.5 Å². The number of carboxylic acids is 1. The van der Waals surface area contributed by atoms with Crippen LogP contribution in [-0.4, -0.2) is 40.9 Å². The number of likely N-dealkylation sites (tertiary alicyclic amines) is 1. The number of benzene rings is 1. The summed E-state index contributed by atoms with van der Waals surface area (Å²) in [5.41, 5.74) is 1.20. The smallest absolute Gasteiger partial charge is 0.321 e. The molecule has 1 aromatic rings. The van der Waals surface area contributed by atoms with Crippen LogP contribution in [0.25, 0.3) is 0 Å². The molecule has 0 aliphatic carbocycles. The predicted molar refractivity (Wildman–Crippen MR) is 91.1 cm³/mol. The van der Waals surface area contributed by atoms with Gasteiger partial charge in [-0.15, -0.1) is 0 Å². The highest BCUT2D eigenvalue weighted by Crippen LogP contribution is 2.24. The largest absolute Gasteiger partial charge is 0.481 e. The summed E-state index contributed by atoms with van der Waals surface area (Å²) in [6, 6.07) is 6.45. The van der Waals surface area contributed by atoms with E-state index < -0.39 is 11.9 Å². The van der Waals surface area contributed by atoms with Crippen LogP contribution < -0.4 is 5.32 Å². The van der Waals surface area contributed by atoms with Gasteiger partial charge in [0, 0.05) is 30.3 Å². The number of hydrogen-bond donors (Lipinski definition) is 2. The summed E-state index contributed by atoms with van der Waals surface area (Å²) in [7, 11) is 0. The van der Waals surface area contributed by atoms with E-state index in [-0.39, 0.29) is 30.2 Å². The Balaban J connectivity index is 1.99. The van der Waals surface area contributed by atoms with E-state index in [0.29, 0.717) is 24.2 Å². The van der Waals surface area contributed by atoms with Crippen molar-refractivity contribution in [3.05, 3.63) is 29.8 Å². The van der Waals surface area contributed by atoms with E-state index in [4.69, 9.17) is 0 Å². The van der Waals surface area contributed by atoms with E-state index in [9.17, 15) is 19.5 Å². The second kappa shape index (κ2) is 7.47. The molecule has 1 saturated heterocycles. The maximum absolute atomic E-state index is 12.3. The molecule has 0 bridgehead atoms. The fourth-order valence-corrected chi connectivity index (χ4v) is 2.83. The predicted octanol–water partition coefficient (Wildman–Crippen LogP) is 3.10. The molecule has 1 heterocycles.